The minimum absolute atomic E-state index is 0.191. The van der Waals surface area contributed by atoms with Crippen molar-refractivity contribution >= 4 is 56.5 Å². The molecule has 4 aromatic heterocycles. The lowest BCUT2D eigenvalue weighted by Crippen LogP contribution is -2.35. The summed E-state index contributed by atoms with van der Waals surface area (Å²) in [6, 6.07) is 3.43. The number of ether oxygens (including phenoxy) is 3. The first-order chi connectivity index (χ1) is 23.9. The molecule has 0 radical (unpaired) electrons. The number of carbonyl (C=O) groups excluding carboxylic acids is 2. The molecule has 0 aliphatic carbocycles. The highest BCUT2D eigenvalue weighted by molar-refractivity contribution is 6.19. The van der Waals surface area contributed by atoms with Gasteiger partial charge in [0.2, 0.25) is 11.7 Å². The van der Waals surface area contributed by atoms with Gasteiger partial charge in [0.1, 0.15) is 22.7 Å². The SMILES string of the molecule is CNc1cc(F)c(C)c2c1[nH]c1ncc(-c3cnc4c(c3)c(=O)c(C(=O)OC(C)OC(=O)OC(C)C)cn4C)c(N3CC[C@H]4CN(C)C[C@H]43)c12. The van der Waals surface area contributed by atoms with Crippen LogP contribution in [0.4, 0.5) is 20.6 Å². The summed E-state index contributed by atoms with van der Waals surface area (Å²) in [6.45, 7) is 9.13. The molecule has 2 N–H and O–H groups in total. The topological polar surface area (TPSA) is 144 Å². The van der Waals surface area contributed by atoms with E-state index in [-0.39, 0.29) is 22.8 Å². The molecule has 13 nitrogen and oxygen atoms in total. The molecule has 2 aliphatic rings. The van der Waals surface area contributed by atoms with Gasteiger partial charge >= 0.3 is 12.1 Å². The van der Waals surface area contributed by atoms with Crippen molar-refractivity contribution in [1.82, 2.24) is 24.4 Å². The Morgan fingerprint density at radius 1 is 1.06 bits per heavy atom. The minimum Gasteiger partial charge on any atom is -0.431 e. The molecule has 2 fully saturated rings. The fraction of sp³-hybridized carbons (Fsp3) is 0.417. The molecule has 14 heteroatoms. The molecule has 6 heterocycles. The first-order valence-corrected chi connectivity index (χ1v) is 16.7. The average Bonchev–Trinajstić information content (AvgIpc) is 3.75. The number of likely N-dealkylation sites (N-methyl/N-ethyl adjacent to an activating group) is 1. The van der Waals surface area contributed by atoms with Gasteiger partial charge in [-0.2, -0.15) is 0 Å². The van der Waals surface area contributed by atoms with Crippen LogP contribution < -0.4 is 15.6 Å². The lowest BCUT2D eigenvalue weighted by atomic mass is 9.98. The number of rotatable bonds is 7. The number of benzene rings is 1. The highest BCUT2D eigenvalue weighted by Gasteiger charge is 2.42. The monoisotopic (exact) mass is 685 g/mol. The smallest absolute Gasteiger partial charge is 0.431 e. The maximum atomic E-state index is 15.4. The quantitative estimate of drug-likeness (QED) is 0.170. The standard InChI is InChI=1S/C36H40FN7O6/c1-17(2)48-36(47)50-19(4)49-35(46)24-15-43(7)34-22(32(24)45)10-21(12-40-34)23-13-39-33-29(28-18(3)25(37)11-26(38-5)30(28)41-33)31(23)44-9-8-20-14-42(6)16-27(20)44/h10-13,15,17,19-20,27,38H,8-9,14,16H2,1-7H3,(H,39,41)/t19?,20-,27+/m0/s1. The van der Waals surface area contributed by atoms with Crippen molar-refractivity contribution in [2.45, 2.75) is 52.6 Å². The number of H-pyrrole nitrogens is 1. The molecule has 0 amide bonds. The normalized spacial score (nSPS) is 18.3. The van der Waals surface area contributed by atoms with E-state index in [0.717, 1.165) is 53.6 Å². The van der Waals surface area contributed by atoms with E-state index in [2.05, 4.69) is 32.1 Å². The first-order valence-electron chi connectivity index (χ1n) is 16.7. The van der Waals surface area contributed by atoms with Crippen molar-refractivity contribution in [3.63, 3.8) is 0 Å². The van der Waals surface area contributed by atoms with Crippen LogP contribution in [0, 0.1) is 18.7 Å². The van der Waals surface area contributed by atoms with Gasteiger partial charge < -0.3 is 38.9 Å². The molecule has 7 rings (SSSR count). The van der Waals surface area contributed by atoms with Crippen LogP contribution in [0.3, 0.4) is 0 Å². The van der Waals surface area contributed by atoms with Gasteiger partial charge in [0, 0.05) is 81.8 Å². The molecule has 0 spiro atoms. The number of fused-ring (bicyclic) bond motifs is 5. The van der Waals surface area contributed by atoms with Crippen LogP contribution in [0.15, 0.2) is 35.5 Å². The van der Waals surface area contributed by atoms with Crippen molar-refractivity contribution in [3.8, 4) is 11.1 Å². The number of carbonyl (C=O) groups is 2. The van der Waals surface area contributed by atoms with Crippen LogP contribution >= 0.6 is 0 Å². The summed E-state index contributed by atoms with van der Waals surface area (Å²) in [5.74, 6) is -0.816. The number of esters is 1. The number of pyridine rings is 3. The maximum absolute atomic E-state index is 15.4. The van der Waals surface area contributed by atoms with E-state index in [1.54, 1.807) is 57.9 Å². The van der Waals surface area contributed by atoms with Crippen molar-refractivity contribution in [3.05, 3.63) is 57.9 Å². The summed E-state index contributed by atoms with van der Waals surface area (Å²) in [6.07, 6.45) is 3.10. The van der Waals surface area contributed by atoms with Crippen LogP contribution in [0.25, 0.3) is 44.1 Å². The van der Waals surface area contributed by atoms with Crippen LogP contribution in [-0.2, 0) is 21.3 Å². The van der Waals surface area contributed by atoms with Crippen LogP contribution in [-0.4, -0.2) is 88.7 Å². The Morgan fingerprint density at radius 3 is 2.58 bits per heavy atom. The molecule has 0 saturated carbocycles. The Morgan fingerprint density at radius 2 is 1.84 bits per heavy atom. The summed E-state index contributed by atoms with van der Waals surface area (Å²) in [4.78, 5) is 56.7. The van der Waals surface area contributed by atoms with E-state index in [1.807, 2.05) is 0 Å². The molecule has 262 valence electrons. The molecule has 1 unspecified atom stereocenters. The van der Waals surface area contributed by atoms with Crippen molar-refractivity contribution in [1.29, 1.82) is 0 Å². The second-order valence-electron chi connectivity index (χ2n) is 13.5. The van der Waals surface area contributed by atoms with Gasteiger partial charge in [-0.05, 0) is 57.9 Å². The third kappa shape index (κ3) is 5.56. The number of aromatic amines is 1. The zero-order chi connectivity index (χ0) is 35.6. The van der Waals surface area contributed by atoms with E-state index < -0.39 is 29.9 Å². The van der Waals surface area contributed by atoms with Gasteiger partial charge in [0.15, 0.2) is 0 Å². The Bertz CT molecular complexity index is 2250. The highest BCUT2D eigenvalue weighted by Crippen LogP contribution is 2.47. The van der Waals surface area contributed by atoms with E-state index >= 15 is 4.39 Å². The number of nitrogens with zero attached hydrogens (tertiary/aromatic N) is 5. The lowest BCUT2D eigenvalue weighted by molar-refractivity contribution is -0.0867. The summed E-state index contributed by atoms with van der Waals surface area (Å²) in [5.41, 5.74) is 4.28. The average molecular weight is 686 g/mol. The summed E-state index contributed by atoms with van der Waals surface area (Å²) in [5, 5.41) is 4.85. The Kier molecular flexibility index (Phi) is 8.37. The molecular formula is C36H40FN7O6. The van der Waals surface area contributed by atoms with E-state index in [0.29, 0.717) is 34.0 Å². The molecular weight excluding hydrogens is 645 g/mol. The first kappa shape index (κ1) is 33.3. The number of halogens is 1. The summed E-state index contributed by atoms with van der Waals surface area (Å²) >= 11 is 0. The van der Waals surface area contributed by atoms with E-state index in [1.165, 1.54) is 19.2 Å². The summed E-state index contributed by atoms with van der Waals surface area (Å²) < 4.78 is 32.3. The summed E-state index contributed by atoms with van der Waals surface area (Å²) in [7, 11) is 5.56. The predicted octanol–water partition coefficient (Wildman–Crippen LogP) is 5.32. The number of likely N-dealkylation sites (tertiary alicyclic amines) is 1. The fourth-order valence-corrected chi connectivity index (χ4v) is 7.55. The minimum atomic E-state index is -1.30. The van der Waals surface area contributed by atoms with Crippen molar-refractivity contribution < 1.29 is 28.2 Å². The van der Waals surface area contributed by atoms with Crippen molar-refractivity contribution in [2.75, 3.05) is 43.9 Å². The largest absolute Gasteiger partial charge is 0.511 e. The molecule has 5 aromatic rings. The van der Waals surface area contributed by atoms with Crippen LogP contribution in [0.1, 0.15) is 43.1 Å². The Hall–Kier alpha value is -5.24. The number of hydrogen-bond donors (Lipinski definition) is 2. The molecule has 0 bridgehead atoms. The third-order valence-electron chi connectivity index (χ3n) is 9.77. The van der Waals surface area contributed by atoms with Gasteiger partial charge in [0.05, 0.1) is 33.8 Å². The van der Waals surface area contributed by atoms with Gasteiger partial charge in [-0.3, -0.25) is 4.79 Å². The number of aryl methyl sites for hydroxylation is 2. The van der Waals surface area contributed by atoms with Crippen molar-refractivity contribution in [2.24, 2.45) is 13.0 Å². The second-order valence-corrected chi connectivity index (χ2v) is 13.5. The number of nitrogens with one attached hydrogen (secondary N) is 2. The molecule has 1 aromatic carbocycles. The molecule has 2 aliphatic heterocycles. The van der Waals surface area contributed by atoms with E-state index in [4.69, 9.17) is 19.2 Å². The zero-order valence-corrected chi connectivity index (χ0v) is 29.1. The van der Waals surface area contributed by atoms with Crippen LogP contribution in [0.5, 0.6) is 0 Å². The predicted molar refractivity (Wildman–Crippen MR) is 188 cm³/mol. The number of aromatic nitrogens is 4. The van der Waals surface area contributed by atoms with Gasteiger partial charge in [-0.15, -0.1) is 0 Å². The number of anilines is 2. The Balaban J connectivity index is 1.39. The number of hydrogen-bond acceptors (Lipinski definition) is 11. The molecule has 2 saturated heterocycles. The molecule has 3 atom stereocenters. The third-order valence-corrected chi connectivity index (χ3v) is 9.77. The maximum Gasteiger partial charge on any atom is 0.511 e. The lowest BCUT2D eigenvalue weighted by Gasteiger charge is -2.29. The highest BCUT2D eigenvalue weighted by atomic mass is 19.1. The second kappa shape index (κ2) is 12.6. The zero-order valence-electron chi connectivity index (χ0n) is 29.1. The van der Waals surface area contributed by atoms with Gasteiger partial charge in [0.25, 0.3) is 0 Å². The van der Waals surface area contributed by atoms with Crippen LogP contribution in [0.2, 0.25) is 0 Å². The Labute approximate surface area is 287 Å². The molecule has 50 heavy (non-hydrogen) atoms. The van der Waals surface area contributed by atoms with Gasteiger partial charge in [-0.25, -0.2) is 23.9 Å². The van der Waals surface area contributed by atoms with Gasteiger partial charge in [-0.1, -0.05) is 0 Å². The fourth-order valence-electron chi connectivity index (χ4n) is 7.55. The van der Waals surface area contributed by atoms with E-state index in [9.17, 15) is 14.4 Å².